The molecule has 0 saturated heterocycles. The van der Waals surface area contributed by atoms with Crippen LogP contribution in [0.15, 0.2) is 53.4 Å². The van der Waals surface area contributed by atoms with Crippen LogP contribution in [0.1, 0.15) is 26.3 Å². The molecule has 0 unspecified atom stereocenters. The zero-order valence-electron chi connectivity index (χ0n) is 12.2. The Balaban J connectivity index is 2.07. The van der Waals surface area contributed by atoms with Crippen molar-refractivity contribution < 1.29 is 18.0 Å². The first kappa shape index (κ1) is 16.7. The third-order valence-electron chi connectivity index (χ3n) is 3.07. The van der Waals surface area contributed by atoms with Crippen molar-refractivity contribution >= 4 is 21.8 Å². The van der Waals surface area contributed by atoms with E-state index in [1.54, 1.807) is 30.3 Å². The number of hydrazine groups is 1. The molecule has 7 nitrogen and oxygen atoms in total. The van der Waals surface area contributed by atoms with Crippen molar-refractivity contribution in [1.82, 2.24) is 10.9 Å². The van der Waals surface area contributed by atoms with E-state index in [2.05, 4.69) is 10.9 Å². The molecule has 0 fully saturated rings. The van der Waals surface area contributed by atoms with Gasteiger partial charge in [-0.1, -0.05) is 18.2 Å². The van der Waals surface area contributed by atoms with Gasteiger partial charge in [-0.05, 0) is 42.8 Å². The lowest BCUT2D eigenvalue weighted by Crippen LogP contribution is -2.41. The summed E-state index contributed by atoms with van der Waals surface area (Å²) in [4.78, 5) is 23.7. The van der Waals surface area contributed by atoms with Crippen LogP contribution in [-0.2, 0) is 10.0 Å². The van der Waals surface area contributed by atoms with Gasteiger partial charge in [-0.25, -0.2) is 13.6 Å². The largest absolute Gasteiger partial charge is 0.269 e. The molecule has 0 aliphatic heterocycles. The van der Waals surface area contributed by atoms with Gasteiger partial charge in [0.05, 0.1) is 4.90 Å². The first-order valence-electron chi connectivity index (χ1n) is 6.58. The summed E-state index contributed by atoms with van der Waals surface area (Å²) in [5.74, 6) is -1.03. The molecule has 2 aromatic rings. The number of nitrogens with two attached hydrogens (primary N) is 1. The minimum Gasteiger partial charge on any atom is -0.267 e. The Morgan fingerprint density at radius 1 is 0.913 bits per heavy atom. The van der Waals surface area contributed by atoms with Gasteiger partial charge in [-0.15, -0.1) is 0 Å². The Hall–Kier alpha value is -2.71. The quantitative estimate of drug-likeness (QED) is 0.717. The molecule has 0 aromatic heterocycles. The Morgan fingerprint density at radius 2 is 1.48 bits per heavy atom. The molecule has 2 rings (SSSR count). The Labute approximate surface area is 133 Å². The molecule has 0 saturated carbocycles. The van der Waals surface area contributed by atoms with E-state index in [1.807, 2.05) is 0 Å². The van der Waals surface area contributed by atoms with Gasteiger partial charge >= 0.3 is 0 Å². The highest BCUT2D eigenvalue weighted by atomic mass is 32.2. The first-order valence-corrected chi connectivity index (χ1v) is 8.13. The average Bonchev–Trinajstić information content (AvgIpc) is 2.51. The van der Waals surface area contributed by atoms with E-state index in [9.17, 15) is 18.0 Å². The molecule has 0 heterocycles. The molecule has 0 spiro atoms. The minimum absolute atomic E-state index is 0.0534. The third-order valence-corrected chi connectivity index (χ3v) is 4.14. The van der Waals surface area contributed by atoms with Gasteiger partial charge < -0.3 is 0 Å². The van der Waals surface area contributed by atoms with Crippen LogP contribution in [0.3, 0.4) is 0 Å². The molecule has 0 bridgehead atoms. The fourth-order valence-corrected chi connectivity index (χ4v) is 2.72. The van der Waals surface area contributed by atoms with E-state index in [0.717, 1.165) is 0 Å². The summed E-state index contributed by atoms with van der Waals surface area (Å²) >= 11 is 0. The molecule has 8 heteroatoms. The number of rotatable bonds is 3. The van der Waals surface area contributed by atoms with Crippen molar-refractivity contribution in [1.29, 1.82) is 0 Å². The predicted molar refractivity (Wildman–Crippen MR) is 83.9 cm³/mol. The van der Waals surface area contributed by atoms with Crippen LogP contribution >= 0.6 is 0 Å². The number of amides is 2. The molecular formula is C15H15N3O4S. The molecule has 2 amide bonds. The van der Waals surface area contributed by atoms with Crippen molar-refractivity contribution in [2.45, 2.75) is 11.8 Å². The summed E-state index contributed by atoms with van der Waals surface area (Å²) in [7, 11) is -3.84. The molecule has 0 aliphatic rings. The summed E-state index contributed by atoms with van der Waals surface area (Å²) in [6.45, 7) is 1.53. The molecule has 120 valence electrons. The lowest BCUT2D eigenvalue weighted by molar-refractivity contribution is 0.0846. The lowest BCUT2D eigenvalue weighted by Gasteiger charge is -2.09. The Bertz CT molecular complexity index is 848. The predicted octanol–water partition coefficient (Wildman–Crippen LogP) is 0.717. The molecule has 23 heavy (non-hydrogen) atoms. The highest BCUT2D eigenvalue weighted by molar-refractivity contribution is 7.89. The van der Waals surface area contributed by atoms with E-state index in [0.29, 0.717) is 11.1 Å². The van der Waals surface area contributed by atoms with E-state index in [-0.39, 0.29) is 10.5 Å². The average molecular weight is 333 g/mol. The number of hydrogen-bond donors (Lipinski definition) is 3. The molecule has 2 aromatic carbocycles. The molecule has 4 N–H and O–H groups in total. The van der Waals surface area contributed by atoms with Crippen LogP contribution in [0.25, 0.3) is 0 Å². The summed E-state index contributed by atoms with van der Waals surface area (Å²) in [5.41, 5.74) is 5.48. The van der Waals surface area contributed by atoms with Gasteiger partial charge in [-0.3, -0.25) is 20.4 Å². The maximum absolute atomic E-state index is 12.0. The van der Waals surface area contributed by atoms with Gasteiger partial charge in [0.2, 0.25) is 10.0 Å². The van der Waals surface area contributed by atoms with Crippen LogP contribution in [0.2, 0.25) is 0 Å². The Kier molecular flexibility index (Phi) is 4.77. The van der Waals surface area contributed by atoms with Crippen molar-refractivity contribution in [3.63, 3.8) is 0 Å². The lowest BCUT2D eigenvalue weighted by atomic mass is 10.1. The van der Waals surface area contributed by atoms with E-state index < -0.39 is 21.8 Å². The monoisotopic (exact) mass is 333 g/mol. The number of carbonyl (C=O) groups excluding carboxylic acids is 2. The van der Waals surface area contributed by atoms with Crippen LogP contribution in [0.5, 0.6) is 0 Å². The van der Waals surface area contributed by atoms with Crippen molar-refractivity contribution in [2.24, 2.45) is 5.14 Å². The van der Waals surface area contributed by atoms with Gasteiger partial charge in [-0.2, -0.15) is 0 Å². The van der Waals surface area contributed by atoms with Crippen LogP contribution in [-0.4, -0.2) is 20.2 Å². The maximum atomic E-state index is 12.0. The normalized spacial score (nSPS) is 10.9. The van der Waals surface area contributed by atoms with Crippen LogP contribution in [0.4, 0.5) is 0 Å². The Morgan fingerprint density at radius 3 is 2.00 bits per heavy atom. The summed E-state index contributed by atoms with van der Waals surface area (Å²) in [5, 5.41) is 5.06. The number of sulfonamides is 1. The highest BCUT2D eigenvalue weighted by Crippen LogP contribution is 2.15. The molecular weight excluding hydrogens is 318 g/mol. The van der Waals surface area contributed by atoms with Crippen LogP contribution in [0, 0.1) is 6.92 Å². The zero-order chi connectivity index (χ0) is 17.0. The number of carbonyl (C=O) groups is 2. The fourth-order valence-electron chi connectivity index (χ4n) is 1.96. The highest BCUT2D eigenvalue weighted by Gasteiger charge is 2.14. The fraction of sp³-hybridized carbons (Fsp3) is 0.0667. The van der Waals surface area contributed by atoms with E-state index in [1.165, 1.54) is 25.1 Å². The standard InChI is InChI=1S/C15H15N3O4S/c1-10-9-12(7-8-13(10)23(16,21)22)15(20)18-17-14(19)11-5-3-2-4-6-11/h2-9H,1H3,(H,17,19)(H,18,20)(H2,16,21,22). The molecule has 0 radical (unpaired) electrons. The third kappa shape index (κ3) is 4.15. The van der Waals surface area contributed by atoms with Crippen LogP contribution < -0.4 is 16.0 Å². The maximum Gasteiger partial charge on any atom is 0.269 e. The van der Waals surface area contributed by atoms with Gasteiger partial charge in [0, 0.05) is 11.1 Å². The number of hydrogen-bond acceptors (Lipinski definition) is 4. The summed E-state index contributed by atoms with van der Waals surface area (Å²) in [6, 6.07) is 12.3. The second-order valence-electron chi connectivity index (χ2n) is 4.80. The minimum atomic E-state index is -3.84. The van der Waals surface area contributed by atoms with E-state index >= 15 is 0 Å². The van der Waals surface area contributed by atoms with Crippen molar-refractivity contribution in [3.8, 4) is 0 Å². The number of benzene rings is 2. The number of aryl methyl sites for hydroxylation is 1. The second kappa shape index (κ2) is 6.59. The molecule has 0 aliphatic carbocycles. The smallest absolute Gasteiger partial charge is 0.267 e. The topological polar surface area (TPSA) is 118 Å². The van der Waals surface area contributed by atoms with Crippen molar-refractivity contribution in [3.05, 3.63) is 65.2 Å². The summed E-state index contributed by atoms with van der Waals surface area (Å²) in [6.07, 6.45) is 0. The van der Waals surface area contributed by atoms with Gasteiger partial charge in [0.15, 0.2) is 0 Å². The van der Waals surface area contributed by atoms with Crippen molar-refractivity contribution in [2.75, 3.05) is 0 Å². The second-order valence-corrected chi connectivity index (χ2v) is 6.33. The first-order chi connectivity index (χ1) is 10.8. The summed E-state index contributed by atoms with van der Waals surface area (Å²) < 4.78 is 22.7. The van der Waals surface area contributed by atoms with E-state index in [4.69, 9.17) is 5.14 Å². The van der Waals surface area contributed by atoms with Gasteiger partial charge in [0.1, 0.15) is 0 Å². The zero-order valence-corrected chi connectivity index (χ0v) is 13.1. The number of primary sulfonamides is 1. The van der Waals surface area contributed by atoms with Gasteiger partial charge in [0.25, 0.3) is 11.8 Å². The SMILES string of the molecule is Cc1cc(C(=O)NNC(=O)c2ccccc2)ccc1S(N)(=O)=O. The number of nitrogens with one attached hydrogen (secondary N) is 2. The molecule has 0 atom stereocenters.